The second-order valence-corrected chi connectivity index (χ2v) is 12.2. The van der Waals surface area contributed by atoms with Crippen LogP contribution in [0.3, 0.4) is 0 Å². The van der Waals surface area contributed by atoms with Crippen molar-refractivity contribution in [2.24, 2.45) is 11.7 Å². The van der Waals surface area contributed by atoms with Gasteiger partial charge >= 0.3 is 0 Å². The number of hydrogen-bond donors (Lipinski definition) is 2. The number of piperidine rings is 1. The van der Waals surface area contributed by atoms with Gasteiger partial charge in [0.05, 0.1) is 18.8 Å². The minimum absolute atomic E-state index is 0.0690. The van der Waals surface area contributed by atoms with Crippen molar-refractivity contribution < 1.29 is 18.7 Å². The van der Waals surface area contributed by atoms with E-state index in [1.165, 1.54) is 17.1 Å². The largest absolute Gasteiger partial charge is 0.382 e. The van der Waals surface area contributed by atoms with Gasteiger partial charge in [0.1, 0.15) is 29.3 Å². The van der Waals surface area contributed by atoms with Crippen LogP contribution in [0.25, 0.3) is 22.5 Å². The van der Waals surface area contributed by atoms with Crippen molar-refractivity contribution in [2.75, 3.05) is 25.4 Å². The Morgan fingerprint density at radius 1 is 1.04 bits per heavy atom. The molecule has 2 amide bonds. The van der Waals surface area contributed by atoms with E-state index in [4.69, 9.17) is 16.2 Å². The first-order chi connectivity index (χ1) is 22.7. The molecule has 0 bridgehead atoms. The Bertz CT molecular complexity index is 2080. The highest BCUT2D eigenvalue weighted by molar-refractivity contribution is 5.94. The Hall–Kier alpha value is -5.37. The second kappa shape index (κ2) is 11.8. The van der Waals surface area contributed by atoms with Gasteiger partial charge in [0.25, 0.3) is 11.5 Å². The molecule has 6 heterocycles. The maximum Gasteiger partial charge on any atom is 0.286 e. The maximum absolute atomic E-state index is 16.2. The first-order valence-corrected chi connectivity index (χ1v) is 15.5. The molecule has 1 atom stereocenters. The highest BCUT2D eigenvalue weighted by Crippen LogP contribution is 2.39. The molecule has 14 heteroatoms. The van der Waals surface area contributed by atoms with Crippen LogP contribution in [-0.4, -0.2) is 65.4 Å². The number of pyridine rings is 1. The Morgan fingerprint density at radius 2 is 1.83 bits per heavy atom. The molecule has 1 aromatic carbocycles. The Labute approximate surface area is 268 Å². The van der Waals surface area contributed by atoms with Crippen molar-refractivity contribution in [2.45, 2.75) is 45.3 Å². The number of fused-ring (bicyclic) bond motifs is 2. The lowest BCUT2D eigenvalue weighted by Crippen LogP contribution is -2.40. The zero-order chi connectivity index (χ0) is 33.0. The fourth-order valence-electron chi connectivity index (χ4n) is 6.84. The van der Waals surface area contributed by atoms with Gasteiger partial charge < -0.3 is 21.1 Å². The van der Waals surface area contributed by atoms with E-state index < -0.39 is 23.4 Å². The van der Waals surface area contributed by atoms with Crippen LogP contribution < -0.4 is 17.0 Å². The molecule has 0 aliphatic carbocycles. The van der Waals surface area contributed by atoms with Crippen LogP contribution in [0.15, 0.2) is 59.8 Å². The lowest BCUT2D eigenvalue weighted by molar-refractivity contribution is -0.135. The minimum Gasteiger partial charge on any atom is -0.382 e. The third kappa shape index (κ3) is 5.04. The van der Waals surface area contributed by atoms with Gasteiger partial charge in [0.2, 0.25) is 5.91 Å². The quantitative estimate of drug-likeness (QED) is 0.286. The van der Waals surface area contributed by atoms with Crippen LogP contribution in [0.5, 0.6) is 0 Å². The minimum atomic E-state index is -0.944. The summed E-state index contributed by atoms with van der Waals surface area (Å²) in [7, 11) is 0. The number of aromatic nitrogens is 6. The van der Waals surface area contributed by atoms with Crippen molar-refractivity contribution in [1.82, 2.24) is 33.8 Å². The molecule has 7 rings (SSSR count). The zero-order valence-corrected chi connectivity index (χ0v) is 26.0. The summed E-state index contributed by atoms with van der Waals surface area (Å²) < 4.78 is 26.9. The van der Waals surface area contributed by atoms with Crippen LogP contribution >= 0.6 is 0 Å². The molecule has 5 aromatic rings. The van der Waals surface area contributed by atoms with Gasteiger partial charge in [-0.25, -0.2) is 18.9 Å². The number of benzene rings is 1. The van der Waals surface area contributed by atoms with Crippen molar-refractivity contribution in [3.8, 4) is 16.9 Å². The fraction of sp³-hybridized carbons (Fsp3) is 0.333. The van der Waals surface area contributed by atoms with E-state index in [1.54, 1.807) is 45.7 Å². The number of anilines is 1. The summed E-state index contributed by atoms with van der Waals surface area (Å²) in [5.74, 6) is -0.806. The number of primary amides is 1. The molecular weight excluding hydrogens is 605 g/mol. The summed E-state index contributed by atoms with van der Waals surface area (Å²) in [5, 5.41) is 4.47. The number of carbonyl (C=O) groups is 2. The first-order valence-electron chi connectivity index (χ1n) is 15.5. The normalized spacial score (nSPS) is 16.9. The van der Waals surface area contributed by atoms with Crippen LogP contribution in [0, 0.1) is 11.7 Å². The number of nitrogens with two attached hydrogens (primary N) is 2. The number of carbonyl (C=O) groups excluding carboxylic acids is 2. The maximum atomic E-state index is 16.2. The average Bonchev–Trinajstić information content (AvgIpc) is 3.60. The summed E-state index contributed by atoms with van der Waals surface area (Å²) in [4.78, 5) is 49.0. The molecule has 2 aliphatic heterocycles. The van der Waals surface area contributed by atoms with Crippen LogP contribution in [-0.2, 0) is 16.1 Å². The predicted molar refractivity (Wildman–Crippen MR) is 170 cm³/mol. The summed E-state index contributed by atoms with van der Waals surface area (Å²) >= 11 is 0. The van der Waals surface area contributed by atoms with E-state index in [2.05, 4.69) is 15.1 Å². The third-order valence-electron chi connectivity index (χ3n) is 9.05. The van der Waals surface area contributed by atoms with Gasteiger partial charge in [-0.1, -0.05) is 32.0 Å². The van der Waals surface area contributed by atoms with Crippen molar-refractivity contribution in [1.29, 1.82) is 0 Å². The number of rotatable bonds is 6. The summed E-state index contributed by atoms with van der Waals surface area (Å²) in [6.07, 6.45) is 3.44. The van der Waals surface area contributed by atoms with Crippen LogP contribution in [0.1, 0.15) is 66.0 Å². The smallest absolute Gasteiger partial charge is 0.286 e. The molecule has 47 heavy (non-hydrogen) atoms. The number of nitrogens with zero attached hydrogens (tertiary/aromatic N) is 7. The van der Waals surface area contributed by atoms with Crippen LogP contribution in [0.4, 0.5) is 10.2 Å². The Balaban J connectivity index is 1.27. The van der Waals surface area contributed by atoms with E-state index in [0.29, 0.717) is 35.6 Å². The molecule has 13 nitrogen and oxygen atoms in total. The van der Waals surface area contributed by atoms with E-state index in [-0.39, 0.29) is 53.5 Å². The molecule has 4 aromatic heterocycles. The van der Waals surface area contributed by atoms with Crippen molar-refractivity contribution in [3.63, 3.8) is 0 Å². The number of hydrogen-bond acceptors (Lipinski definition) is 8. The number of nitrogen functional groups attached to an aromatic ring is 1. The topological polar surface area (TPSA) is 169 Å². The SMILES string of the molecule is CC(C)C(=O)N1CCC(c2cc(-c3ccc(C4OCCn5c4c(C(N)=O)c(=O)n5-c4ccccn4)cc3F)c3c(N)ncnn23)CC1. The lowest BCUT2D eigenvalue weighted by Gasteiger charge is -2.33. The molecule has 1 saturated heterocycles. The molecule has 2 aliphatic rings. The number of likely N-dealkylation sites (tertiary alicyclic amines) is 1. The second-order valence-electron chi connectivity index (χ2n) is 12.2. The van der Waals surface area contributed by atoms with Gasteiger partial charge in [-0.15, -0.1) is 0 Å². The summed E-state index contributed by atoms with van der Waals surface area (Å²) in [5.41, 5.74) is 14.0. The van der Waals surface area contributed by atoms with Crippen LogP contribution in [0.2, 0.25) is 0 Å². The molecule has 0 radical (unpaired) electrons. The van der Waals surface area contributed by atoms with E-state index in [0.717, 1.165) is 18.5 Å². The van der Waals surface area contributed by atoms with E-state index in [9.17, 15) is 14.4 Å². The zero-order valence-electron chi connectivity index (χ0n) is 26.0. The van der Waals surface area contributed by atoms with Gasteiger partial charge in [0, 0.05) is 47.9 Å². The average molecular weight is 640 g/mol. The molecule has 0 spiro atoms. The molecule has 1 fully saturated rings. The lowest BCUT2D eigenvalue weighted by atomic mass is 9.92. The van der Waals surface area contributed by atoms with E-state index in [1.807, 2.05) is 24.8 Å². The predicted octanol–water partition coefficient (Wildman–Crippen LogP) is 3.05. The Kier molecular flexibility index (Phi) is 7.59. The number of ether oxygens (including phenoxy) is 1. The summed E-state index contributed by atoms with van der Waals surface area (Å²) in [6, 6.07) is 11.7. The summed E-state index contributed by atoms with van der Waals surface area (Å²) in [6.45, 7) is 5.49. The first kappa shape index (κ1) is 30.3. The highest BCUT2D eigenvalue weighted by atomic mass is 19.1. The van der Waals surface area contributed by atoms with Crippen molar-refractivity contribution in [3.05, 3.63) is 93.7 Å². The number of halogens is 1. The van der Waals surface area contributed by atoms with Gasteiger partial charge in [-0.05, 0) is 42.7 Å². The Morgan fingerprint density at radius 3 is 2.51 bits per heavy atom. The number of amides is 2. The monoisotopic (exact) mass is 639 g/mol. The molecule has 4 N–H and O–H groups in total. The highest BCUT2D eigenvalue weighted by Gasteiger charge is 2.35. The molecular formula is C33H34FN9O4. The van der Waals surface area contributed by atoms with E-state index >= 15 is 4.39 Å². The third-order valence-corrected chi connectivity index (χ3v) is 9.05. The van der Waals surface area contributed by atoms with Gasteiger partial charge in [-0.2, -0.15) is 9.78 Å². The van der Waals surface area contributed by atoms with Gasteiger partial charge in [-0.3, -0.25) is 19.1 Å². The fourth-order valence-corrected chi connectivity index (χ4v) is 6.84. The molecule has 242 valence electrons. The molecule has 1 unspecified atom stereocenters. The standard InChI is InChI=1S/C33H34FN9O4/c1-18(2)32(45)40-11-8-19(9-12-40)24-16-22(27-30(35)38-17-39-42(24)27)21-7-6-20(15-23(21)34)29-28-26(31(36)44)33(46)43(41(28)13-14-47-29)25-5-3-4-10-37-25/h3-7,10,15-19,29H,8-9,11-14H2,1-2H3,(H2,36,44)(H2,35,38,39). The molecule has 0 saturated carbocycles. The van der Waals surface area contributed by atoms with Crippen molar-refractivity contribution >= 4 is 23.1 Å². The van der Waals surface area contributed by atoms with Gasteiger partial charge in [0.15, 0.2) is 11.6 Å².